The number of rotatable bonds is 1. The summed E-state index contributed by atoms with van der Waals surface area (Å²) < 4.78 is 0. The van der Waals surface area contributed by atoms with E-state index in [1.807, 2.05) is 36.4 Å². The van der Waals surface area contributed by atoms with Crippen LogP contribution in [0.1, 0.15) is 0 Å². The van der Waals surface area contributed by atoms with E-state index in [1.165, 1.54) is 4.90 Å². The standard InChI is InChI=1S/C15H11ClN2O2S/c16-11-3-1-2-9(6-11)10-4-5-12-13(7-10)18(15(19)20)8-14(21)17-12/h1-7H,8H2,(H,17,21)(H,19,20). The topological polar surface area (TPSA) is 52.6 Å². The number of hydrogen-bond donors (Lipinski definition) is 2. The number of nitrogens with zero attached hydrogens (tertiary/aromatic N) is 1. The van der Waals surface area contributed by atoms with E-state index >= 15 is 0 Å². The van der Waals surface area contributed by atoms with Gasteiger partial charge in [0.15, 0.2) is 0 Å². The zero-order valence-corrected chi connectivity index (χ0v) is 12.4. The Bertz CT molecular complexity index is 748. The van der Waals surface area contributed by atoms with Gasteiger partial charge in [0.25, 0.3) is 0 Å². The number of halogens is 1. The SMILES string of the molecule is O=C(O)N1CC(=S)Nc2ccc(-c3cccc(Cl)c3)cc21. The number of hydrogen-bond acceptors (Lipinski definition) is 2. The Morgan fingerprint density at radius 3 is 2.71 bits per heavy atom. The third-order valence-corrected chi connectivity index (χ3v) is 3.72. The minimum atomic E-state index is -1.02. The Hall–Kier alpha value is -2.11. The lowest BCUT2D eigenvalue weighted by atomic mass is 10.0. The van der Waals surface area contributed by atoms with Crippen LogP contribution in [-0.2, 0) is 0 Å². The molecule has 0 saturated heterocycles. The predicted molar refractivity (Wildman–Crippen MR) is 88.5 cm³/mol. The number of anilines is 2. The van der Waals surface area contributed by atoms with Gasteiger partial charge in [-0.1, -0.05) is 42.0 Å². The molecular weight excluding hydrogens is 308 g/mol. The summed E-state index contributed by atoms with van der Waals surface area (Å²) >= 11 is 11.1. The third kappa shape index (κ3) is 2.70. The Labute approximate surface area is 132 Å². The molecule has 2 aromatic carbocycles. The molecule has 0 bridgehead atoms. The van der Waals surface area contributed by atoms with Crippen molar-refractivity contribution in [3.63, 3.8) is 0 Å². The van der Waals surface area contributed by atoms with Gasteiger partial charge < -0.3 is 10.4 Å². The van der Waals surface area contributed by atoms with Crippen molar-refractivity contribution < 1.29 is 9.90 Å². The summed E-state index contributed by atoms with van der Waals surface area (Å²) in [5, 5.41) is 13.0. The van der Waals surface area contributed by atoms with Crippen LogP contribution in [0.2, 0.25) is 5.02 Å². The van der Waals surface area contributed by atoms with Crippen LogP contribution in [0.15, 0.2) is 42.5 Å². The maximum Gasteiger partial charge on any atom is 0.412 e. The number of carbonyl (C=O) groups is 1. The molecule has 0 atom stereocenters. The van der Waals surface area contributed by atoms with Crippen molar-refractivity contribution in [2.75, 3.05) is 16.8 Å². The molecule has 1 aliphatic rings. The Morgan fingerprint density at radius 2 is 2.00 bits per heavy atom. The van der Waals surface area contributed by atoms with Crippen LogP contribution in [0.3, 0.4) is 0 Å². The van der Waals surface area contributed by atoms with Crippen molar-refractivity contribution in [2.24, 2.45) is 0 Å². The molecule has 1 aliphatic heterocycles. The van der Waals surface area contributed by atoms with Crippen molar-refractivity contribution in [1.29, 1.82) is 0 Å². The van der Waals surface area contributed by atoms with Gasteiger partial charge in [-0.25, -0.2) is 4.79 Å². The number of thiocarbonyl (C=S) groups is 1. The van der Waals surface area contributed by atoms with E-state index in [-0.39, 0.29) is 6.54 Å². The Kier molecular flexibility index (Phi) is 3.53. The minimum absolute atomic E-state index is 0.163. The average molecular weight is 319 g/mol. The lowest BCUT2D eigenvalue weighted by Crippen LogP contribution is -2.40. The fourth-order valence-corrected chi connectivity index (χ4v) is 2.73. The second kappa shape index (κ2) is 5.35. The highest BCUT2D eigenvalue weighted by Gasteiger charge is 2.25. The molecule has 1 amide bonds. The molecule has 4 nitrogen and oxygen atoms in total. The van der Waals surface area contributed by atoms with E-state index in [0.717, 1.165) is 11.1 Å². The van der Waals surface area contributed by atoms with Gasteiger partial charge >= 0.3 is 6.09 Å². The number of nitrogens with one attached hydrogen (secondary N) is 1. The fraction of sp³-hybridized carbons (Fsp3) is 0.0667. The zero-order chi connectivity index (χ0) is 15.0. The summed E-state index contributed by atoms with van der Waals surface area (Å²) in [6, 6.07) is 13.0. The van der Waals surface area contributed by atoms with Gasteiger partial charge in [-0.05, 0) is 35.4 Å². The van der Waals surface area contributed by atoms with Crippen molar-refractivity contribution in [1.82, 2.24) is 0 Å². The number of fused-ring (bicyclic) bond motifs is 1. The van der Waals surface area contributed by atoms with Crippen LogP contribution in [0.5, 0.6) is 0 Å². The molecular formula is C15H11ClN2O2S. The summed E-state index contributed by atoms with van der Waals surface area (Å²) in [5.41, 5.74) is 3.12. The van der Waals surface area contributed by atoms with Gasteiger partial charge in [0.1, 0.15) is 4.99 Å². The van der Waals surface area contributed by atoms with E-state index < -0.39 is 6.09 Å². The lowest BCUT2D eigenvalue weighted by Gasteiger charge is -2.29. The molecule has 2 aromatic rings. The normalized spacial score (nSPS) is 13.6. The second-order valence-corrected chi connectivity index (χ2v) is 5.59. The molecule has 0 fully saturated rings. The van der Waals surface area contributed by atoms with E-state index in [0.29, 0.717) is 21.4 Å². The van der Waals surface area contributed by atoms with Gasteiger partial charge in [-0.15, -0.1) is 0 Å². The molecule has 3 rings (SSSR count). The van der Waals surface area contributed by atoms with Crippen LogP contribution >= 0.6 is 23.8 Å². The first-order valence-electron chi connectivity index (χ1n) is 6.25. The van der Waals surface area contributed by atoms with Crippen LogP contribution in [0, 0.1) is 0 Å². The fourth-order valence-electron chi connectivity index (χ4n) is 2.30. The van der Waals surface area contributed by atoms with Gasteiger partial charge in [0.2, 0.25) is 0 Å². The van der Waals surface area contributed by atoms with Crippen molar-refractivity contribution in [3.05, 3.63) is 47.5 Å². The highest BCUT2D eigenvalue weighted by Crippen LogP contribution is 2.34. The largest absolute Gasteiger partial charge is 0.465 e. The first-order chi connectivity index (χ1) is 10.0. The Balaban J connectivity index is 2.10. The molecule has 106 valence electrons. The van der Waals surface area contributed by atoms with Crippen LogP contribution < -0.4 is 10.2 Å². The number of amides is 1. The first kappa shape index (κ1) is 13.9. The molecule has 0 saturated carbocycles. The van der Waals surface area contributed by atoms with Gasteiger partial charge in [0, 0.05) is 5.02 Å². The van der Waals surface area contributed by atoms with Gasteiger partial charge in [0.05, 0.1) is 17.9 Å². The average Bonchev–Trinajstić information content (AvgIpc) is 2.45. The zero-order valence-electron chi connectivity index (χ0n) is 10.8. The lowest BCUT2D eigenvalue weighted by molar-refractivity contribution is 0.202. The molecule has 2 N–H and O–H groups in total. The van der Waals surface area contributed by atoms with Crippen molar-refractivity contribution in [3.8, 4) is 11.1 Å². The number of benzene rings is 2. The minimum Gasteiger partial charge on any atom is -0.465 e. The second-order valence-electron chi connectivity index (χ2n) is 4.66. The molecule has 1 heterocycles. The van der Waals surface area contributed by atoms with Crippen LogP contribution in [0.25, 0.3) is 11.1 Å². The molecule has 21 heavy (non-hydrogen) atoms. The van der Waals surface area contributed by atoms with E-state index in [1.54, 1.807) is 6.07 Å². The smallest absolute Gasteiger partial charge is 0.412 e. The predicted octanol–water partition coefficient (Wildman–Crippen LogP) is 4.24. The van der Waals surface area contributed by atoms with E-state index in [9.17, 15) is 9.90 Å². The monoisotopic (exact) mass is 318 g/mol. The molecule has 0 radical (unpaired) electrons. The van der Waals surface area contributed by atoms with Crippen LogP contribution in [-0.4, -0.2) is 22.7 Å². The van der Waals surface area contributed by atoms with E-state index in [4.69, 9.17) is 23.8 Å². The van der Waals surface area contributed by atoms with Crippen LogP contribution in [0.4, 0.5) is 16.2 Å². The summed E-state index contributed by atoms with van der Waals surface area (Å²) in [7, 11) is 0. The maximum absolute atomic E-state index is 11.4. The summed E-state index contributed by atoms with van der Waals surface area (Å²) in [5.74, 6) is 0. The molecule has 0 aliphatic carbocycles. The summed E-state index contributed by atoms with van der Waals surface area (Å²) in [6.07, 6.45) is -1.02. The molecule has 0 unspecified atom stereocenters. The summed E-state index contributed by atoms with van der Waals surface area (Å²) in [6.45, 7) is 0.163. The highest BCUT2D eigenvalue weighted by molar-refractivity contribution is 7.80. The Morgan fingerprint density at radius 1 is 1.24 bits per heavy atom. The molecule has 6 heteroatoms. The molecule has 0 aromatic heterocycles. The van der Waals surface area contributed by atoms with E-state index in [2.05, 4.69) is 5.32 Å². The van der Waals surface area contributed by atoms with Gasteiger partial charge in [-0.2, -0.15) is 0 Å². The quantitative estimate of drug-likeness (QED) is 0.772. The van der Waals surface area contributed by atoms with Crippen molar-refractivity contribution >= 4 is 46.3 Å². The maximum atomic E-state index is 11.4. The van der Waals surface area contributed by atoms with Gasteiger partial charge in [-0.3, -0.25) is 4.90 Å². The third-order valence-electron chi connectivity index (χ3n) is 3.25. The first-order valence-corrected chi connectivity index (χ1v) is 7.03. The van der Waals surface area contributed by atoms with Crippen molar-refractivity contribution in [2.45, 2.75) is 0 Å². The summed E-state index contributed by atoms with van der Waals surface area (Å²) in [4.78, 5) is 13.1. The number of carboxylic acid groups (broad SMARTS) is 1. The highest BCUT2D eigenvalue weighted by atomic mass is 35.5. The molecule has 0 spiro atoms.